The average Bonchev–Trinajstić information content (AvgIpc) is 2.63. The summed E-state index contributed by atoms with van der Waals surface area (Å²) in [5.41, 5.74) is 1.18. The molecule has 1 N–H and O–H groups in total. The van der Waals surface area contributed by atoms with Crippen molar-refractivity contribution in [3.8, 4) is 17.2 Å². The minimum absolute atomic E-state index is 0.643. The molecule has 3 aromatic rings. The lowest BCUT2D eigenvalue weighted by molar-refractivity contribution is 0.313. The molecule has 0 aliphatic carbocycles. The molecule has 0 saturated carbocycles. The van der Waals surface area contributed by atoms with Gasteiger partial charge in [-0.05, 0) is 42.0 Å². The van der Waals surface area contributed by atoms with Crippen molar-refractivity contribution in [1.82, 2.24) is 5.32 Å². The average molecular weight is 319 g/mol. The molecule has 0 aromatic heterocycles. The molecule has 0 radical (unpaired) electrons. The van der Waals surface area contributed by atoms with E-state index in [9.17, 15) is 0 Å². The highest BCUT2D eigenvalue weighted by atomic mass is 16.5. The molecule has 0 bridgehead atoms. The minimum atomic E-state index is 0.643. The van der Waals surface area contributed by atoms with Crippen molar-refractivity contribution in [2.24, 2.45) is 0 Å². The lowest BCUT2D eigenvalue weighted by atomic mass is 10.2. The fourth-order valence-corrected chi connectivity index (χ4v) is 2.33. The number of hydrogen-bond donors (Lipinski definition) is 1. The smallest absolute Gasteiger partial charge is 0.127 e. The number of benzene rings is 3. The van der Waals surface area contributed by atoms with E-state index in [0.29, 0.717) is 6.61 Å². The van der Waals surface area contributed by atoms with Crippen LogP contribution in [0.5, 0.6) is 17.2 Å². The first kappa shape index (κ1) is 16.1. The molecule has 0 spiro atoms. The second-order valence-electron chi connectivity index (χ2n) is 5.40. The van der Waals surface area contributed by atoms with Crippen molar-refractivity contribution in [2.45, 2.75) is 6.54 Å². The fraction of sp³-hybridized carbons (Fsp3) is 0.143. The maximum absolute atomic E-state index is 5.85. The maximum Gasteiger partial charge on any atom is 0.127 e. The summed E-state index contributed by atoms with van der Waals surface area (Å²) >= 11 is 0. The molecule has 122 valence electrons. The van der Waals surface area contributed by atoms with E-state index in [1.807, 2.05) is 72.8 Å². The Morgan fingerprint density at radius 2 is 1.33 bits per heavy atom. The Kier molecular flexibility index (Phi) is 5.87. The van der Waals surface area contributed by atoms with Crippen molar-refractivity contribution in [1.29, 1.82) is 0 Å². The highest BCUT2D eigenvalue weighted by molar-refractivity contribution is 5.33. The van der Waals surface area contributed by atoms with E-state index < -0.39 is 0 Å². The fourth-order valence-electron chi connectivity index (χ4n) is 2.33. The van der Waals surface area contributed by atoms with Crippen LogP contribution in [0.15, 0.2) is 84.9 Å². The molecule has 3 rings (SSSR count). The summed E-state index contributed by atoms with van der Waals surface area (Å²) in [6, 6.07) is 27.8. The highest BCUT2D eigenvalue weighted by Crippen LogP contribution is 2.21. The largest absolute Gasteiger partial charge is 0.492 e. The van der Waals surface area contributed by atoms with Crippen LogP contribution in [0.3, 0.4) is 0 Å². The lowest BCUT2D eigenvalue weighted by Gasteiger charge is -2.09. The molecule has 0 fully saturated rings. The Morgan fingerprint density at radius 1 is 0.667 bits per heavy atom. The predicted molar refractivity (Wildman–Crippen MR) is 96.6 cm³/mol. The second-order valence-corrected chi connectivity index (χ2v) is 5.40. The van der Waals surface area contributed by atoms with Gasteiger partial charge in [-0.2, -0.15) is 0 Å². The van der Waals surface area contributed by atoms with Gasteiger partial charge in [0.2, 0.25) is 0 Å². The molecule has 0 saturated heterocycles. The van der Waals surface area contributed by atoms with E-state index in [0.717, 1.165) is 30.3 Å². The number of para-hydroxylation sites is 2. The van der Waals surface area contributed by atoms with Crippen molar-refractivity contribution in [3.63, 3.8) is 0 Å². The summed E-state index contributed by atoms with van der Waals surface area (Å²) in [5.74, 6) is 2.59. The van der Waals surface area contributed by atoms with Gasteiger partial charge in [0, 0.05) is 13.1 Å². The molecule has 24 heavy (non-hydrogen) atoms. The SMILES string of the molecule is c1ccc(OCCNCc2cccc(Oc3ccccc3)c2)cc1. The van der Waals surface area contributed by atoms with E-state index >= 15 is 0 Å². The second kappa shape index (κ2) is 8.75. The van der Waals surface area contributed by atoms with Gasteiger partial charge in [0.1, 0.15) is 23.9 Å². The molecule has 0 heterocycles. The number of ether oxygens (including phenoxy) is 2. The summed E-state index contributed by atoms with van der Waals surface area (Å²) < 4.78 is 11.5. The van der Waals surface area contributed by atoms with Gasteiger partial charge in [-0.1, -0.05) is 48.5 Å². The predicted octanol–water partition coefficient (Wildman–Crippen LogP) is 4.65. The molecule has 3 heteroatoms. The van der Waals surface area contributed by atoms with E-state index in [4.69, 9.17) is 9.47 Å². The Hall–Kier alpha value is -2.78. The van der Waals surface area contributed by atoms with E-state index in [1.54, 1.807) is 0 Å². The third kappa shape index (κ3) is 5.14. The van der Waals surface area contributed by atoms with Crippen LogP contribution in [0.25, 0.3) is 0 Å². The normalized spacial score (nSPS) is 10.3. The van der Waals surface area contributed by atoms with Gasteiger partial charge in [0.15, 0.2) is 0 Å². The summed E-state index contributed by atoms with van der Waals surface area (Å²) in [6.07, 6.45) is 0. The molecular formula is C21H21NO2. The monoisotopic (exact) mass is 319 g/mol. The number of hydrogen-bond acceptors (Lipinski definition) is 3. The molecule has 3 aromatic carbocycles. The van der Waals surface area contributed by atoms with Crippen LogP contribution in [-0.2, 0) is 6.54 Å². The first-order valence-electron chi connectivity index (χ1n) is 8.10. The molecule has 0 aliphatic rings. The van der Waals surface area contributed by atoms with Gasteiger partial charge in [-0.15, -0.1) is 0 Å². The van der Waals surface area contributed by atoms with Crippen LogP contribution in [0.1, 0.15) is 5.56 Å². The zero-order valence-corrected chi connectivity index (χ0v) is 13.5. The summed E-state index contributed by atoms with van der Waals surface area (Å²) in [6.45, 7) is 2.22. The van der Waals surface area contributed by atoms with Gasteiger partial charge >= 0.3 is 0 Å². The van der Waals surface area contributed by atoms with Gasteiger partial charge in [0.05, 0.1) is 0 Å². The summed E-state index contributed by atoms with van der Waals surface area (Å²) in [4.78, 5) is 0. The van der Waals surface area contributed by atoms with Gasteiger partial charge in [-0.3, -0.25) is 0 Å². The van der Waals surface area contributed by atoms with Crippen LogP contribution in [-0.4, -0.2) is 13.2 Å². The molecule has 0 atom stereocenters. The highest BCUT2D eigenvalue weighted by Gasteiger charge is 1.99. The number of nitrogens with one attached hydrogen (secondary N) is 1. The van der Waals surface area contributed by atoms with Gasteiger partial charge in [0.25, 0.3) is 0 Å². The molecular weight excluding hydrogens is 298 g/mol. The molecule has 0 amide bonds. The van der Waals surface area contributed by atoms with E-state index in [2.05, 4.69) is 17.4 Å². The van der Waals surface area contributed by atoms with Crippen LogP contribution >= 0.6 is 0 Å². The van der Waals surface area contributed by atoms with Gasteiger partial charge < -0.3 is 14.8 Å². The van der Waals surface area contributed by atoms with Gasteiger partial charge in [-0.25, -0.2) is 0 Å². The zero-order chi connectivity index (χ0) is 16.5. The first-order chi connectivity index (χ1) is 11.9. The van der Waals surface area contributed by atoms with Crippen molar-refractivity contribution in [2.75, 3.05) is 13.2 Å². The van der Waals surface area contributed by atoms with Crippen molar-refractivity contribution in [3.05, 3.63) is 90.5 Å². The third-order valence-corrected chi connectivity index (χ3v) is 3.50. The van der Waals surface area contributed by atoms with Crippen LogP contribution in [0.4, 0.5) is 0 Å². The quantitative estimate of drug-likeness (QED) is 0.613. The topological polar surface area (TPSA) is 30.5 Å². The van der Waals surface area contributed by atoms with E-state index in [1.165, 1.54) is 5.56 Å². The zero-order valence-electron chi connectivity index (χ0n) is 13.5. The Balaban J connectivity index is 1.43. The van der Waals surface area contributed by atoms with Crippen LogP contribution in [0, 0.1) is 0 Å². The first-order valence-corrected chi connectivity index (χ1v) is 8.10. The Morgan fingerprint density at radius 3 is 2.08 bits per heavy atom. The molecule has 3 nitrogen and oxygen atoms in total. The van der Waals surface area contributed by atoms with Crippen molar-refractivity contribution < 1.29 is 9.47 Å². The molecule has 0 aliphatic heterocycles. The number of rotatable bonds is 8. The van der Waals surface area contributed by atoms with Crippen LogP contribution < -0.4 is 14.8 Å². The molecule has 0 unspecified atom stereocenters. The summed E-state index contributed by atoms with van der Waals surface area (Å²) in [7, 11) is 0. The lowest BCUT2D eigenvalue weighted by Crippen LogP contribution is -2.20. The standard InChI is InChI=1S/C21H21NO2/c1-3-9-19(10-4-1)23-15-14-22-17-18-8-7-13-21(16-18)24-20-11-5-2-6-12-20/h1-13,16,22H,14-15,17H2. The third-order valence-electron chi connectivity index (χ3n) is 3.50. The maximum atomic E-state index is 5.85. The van der Waals surface area contributed by atoms with E-state index in [-0.39, 0.29) is 0 Å². The summed E-state index contributed by atoms with van der Waals surface area (Å²) in [5, 5.41) is 3.38. The Labute approximate surface area is 142 Å². The van der Waals surface area contributed by atoms with Crippen LogP contribution in [0.2, 0.25) is 0 Å². The van der Waals surface area contributed by atoms with Crippen molar-refractivity contribution >= 4 is 0 Å². The Bertz CT molecular complexity index is 729. The minimum Gasteiger partial charge on any atom is -0.492 e.